The van der Waals surface area contributed by atoms with Gasteiger partial charge in [0.25, 0.3) is 11.8 Å². The van der Waals surface area contributed by atoms with E-state index in [9.17, 15) is 18.4 Å². The Morgan fingerprint density at radius 2 is 1.47 bits per heavy atom. The molecule has 0 bridgehead atoms. The molecule has 0 saturated heterocycles. The lowest BCUT2D eigenvalue weighted by Gasteiger charge is -2.16. The Morgan fingerprint density at radius 3 is 2.06 bits per heavy atom. The van der Waals surface area contributed by atoms with E-state index in [2.05, 4.69) is 5.32 Å². The number of hydrogen-bond acceptors (Lipinski definition) is 4. The number of amides is 2. The van der Waals surface area contributed by atoms with Crippen LogP contribution in [0.15, 0.2) is 72.4 Å². The molecule has 5 nitrogen and oxygen atoms in total. The van der Waals surface area contributed by atoms with Crippen LogP contribution in [-0.2, 0) is 9.59 Å². The average Bonchev–Trinajstić information content (AvgIpc) is 3.01. The molecule has 0 unspecified atom stereocenters. The summed E-state index contributed by atoms with van der Waals surface area (Å²) in [6, 6.07) is 17.5. The highest BCUT2D eigenvalue weighted by Gasteiger charge is 2.40. The lowest BCUT2D eigenvalue weighted by atomic mass is 10.0. The number of anilines is 3. The highest BCUT2D eigenvalue weighted by Crippen LogP contribution is 2.34. The van der Waals surface area contributed by atoms with Crippen LogP contribution < -0.4 is 15.1 Å². The largest absolute Gasteiger partial charge is 0.378 e. The van der Waals surface area contributed by atoms with Crippen molar-refractivity contribution >= 4 is 34.4 Å². The summed E-state index contributed by atoms with van der Waals surface area (Å²) in [6.45, 7) is 1.92. The fraction of sp³-hybridized carbons (Fsp3) is 0.120. The third kappa shape index (κ3) is 3.85. The molecule has 32 heavy (non-hydrogen) atoms. The second kappa shape index (κ2) is 8.26. The standard InChI is InChI=1S/C25H21F2N3O2/c1-15-4-6-16(7-5-15)22-23(28-17-8-10-18(11-9-17)29(2)3)25(32)30(24(22)31)19-12-13-20(26)21(27)14-19/h4-14,28H,1-3H3. The molecule has 0 spiro atoms. The molecule has 0 aromatic heterocycles. The molecule has 1 aliphatic heterocycles. The van der Waals surface area contributed by atoms with Crippen molar-refractivity contribution in [2.45, 2.75) is 6.92 Å². The first-order valence-electron chi connectivity index (χ1n) is 9.96. The van der Waals surface area contributed by atoms with Crippen molar-refractivity contribution < 1.29 is 18.4 Å². The first-order chi connectivity index (χ1) is 15.3. The summed E-state index contributed by atoms with van der Waals surface area (Å²) in [7, 11) is 3.83. The molecule has 0 atom stereocenters. The first kappa shape index (κ1) is 21.2. The van der Waals surface area contributed by atoms with E-state index in [1.165, 1.54) is 6.07 Å². The van der Waals surface area contributed by atoms with Gasteiger partial charge in [0.2, 0.25) is 0 Å². The zero-order valence-corrected chi connectivity index (χ0v) is 17.8. The maximum atomic E-state index is 13.8. The number of hydrogen-bond donors (Lipinski definition) is 1. The van der Waals surface area contributed by atoms with E-state index in [1.807, 2.05) is 50.2 Å². The highest BCUT2D eigenvalue weighted by molar-refractivity contribution is 6.46. The van der Waals surface area contributed by atoms with E-state index < -0.39 is 23.4 Å². The molecule has 1 heterocycles. The summed E-state index contributed by atoms with van der Waals surface area (Å²) < 4.78 is 27.3. The Kier molecular flexibility index (Phi) is 5.48. The second-order valence-corrected chi connectivity index (χ2v) is 7.73. The van der Waals surface area contributed by atoms with Gasteiger partial charge in [0.05, 0.1) is 11.3 Å². The fourth-order valence-corrected chi connectivity index (χ4v) is 3.48. The number of halogens is 2. The van der Waals surface area contributed by atoms with Crippen LogP contribution in [0, 0.1) is 18.6 Å². The topological polar surface area (TPSA) is 52.7 Å². The Morgan fingerprint density at radius 1 is 0.812 bits per heavy atom. The minimum absolute atomic E-state index is 0.0386. The molecule has 1 N–H and O–H groups in total. The number of carbonyl (C=O) groups excluding carboxylic acids is 2. The molecule has 162 valence electrons. The number of benzene rings is 3. The van der Waals surface area contributed by atoms with Crippen LogP contribution in [0.2, 0.25) is 0 Å². The van der Waals surface area contributed by atoms with Crippen molar-refractivity contribution in [3.63, 3.8) is 0 Å². The van der Waals surface area contributed by atoms with E-state index in [1.54, 1.807) is 24.3 Å². The average molecular weight is 433 g/mol. The predicted octanol–water partition coefficient (Wildman–Crippen LogP) is 4.74. The molecule has 0 radical (unpaired) electrons. The van der Waals surface area contributed by atoms with E-state index in [0.29, 0.717) is 11.3 Å². The molecule has 3 aromatic rings. The van der Waals surface area contributed by atoms with E-state index in [4.69, 9.17) is 0 Å². The van der Waals surface area contributed by atoms with Gasteiger partial charge < -0.3 is 10.2 Å². The molecular formula is C25H21F2N3O2. The van der Waals surface area contributed by atoms with E-state index in [0.717, 1.165) is 28.3 Å². The lowest BCUT2D eigenvalue weighted by Crippen LogP contribution is -2.32. The van der Waals surface area contributed by atoms with Crippen LogP contribution in [0.5, 0.6) is 0 Å². The molecule has 3 aromatic carbocycles. The Balaban J connectivity index is 1.78. The second-order valence-electron chi connectivity index (χ2n) is 7.73. The number of nitrogens with one attached hydrogen (secondary N) is 1. The zero-order chi connectivity index (χ0) is 23.0. The van der Waals surface area contributed by atoms with Crippen LogP contribution in [-0.4, -0.2) is 25.9 Å². The van der Waals surface area contributed by atoms with Gasteiger partial charge in [0.15, 0.2) is 11.6 Å². The number of imide groups is 1. The van der Waals surface area contributed by atoms with Crippen LogP contribution >= 0.6 is 0 Å². The van der Waals surface area contributed by atoms with Crippen molar-refractivity contribution in [1.29, 1.82) is 0 Å². The van der Waals surface area contributed by atoms with Crippen LogP contribution in [0.1, 0.15) is 11.1 Å². The van der Waals surface area contributed by atoms with Crippen molar-refractivity contribution in [1.82, 2.24) is 0 Å². The minimum Gasteiger partial charge on any atom is -0.378 e. The first-order valence-corrected chi connectivity index (χ1v) is 9.96. The smallest absolute Gasteiger partial charge is 0.282 e. The molecule has 0 aliphatic carbocycles. The quantitative estimate of drug-likeness (QED) is 0.591. The molecule has 7 heteroatoms. The molecule has 4 rings (SSSR count). The van der Waals surface area contributed by atoms with Gasteiger partial charge in [-0.15, -0.1) is 0 Å². The van der Waals surface area contributed by atoms with Gasteiger partial charge in [-0.1, -0.05) is 29.8 Å². The molecule has 2 amide bonds. The van der Waals surface area contributed by atoms with Gasteiger partial charge in [-0.25, -0.2) is 13.7 Å². The molecular weight excluding hydrogens is 412 g/mol. The van der Waals surface area contributed by atoms with E-state index >= 15 is 0 Å². The van der Waals surface area contributed by atoms with Crippen LogP contribution in [0.4, 0.5) is 25.8 Å². The summed E-state index contributed by atoms with van der Waals surface area (Å²) >= 11 is 0. The molecule has 1 aliphatic rings. The van der Waals surface area contributed by atoms with Gasteiger partial charge in [-0.2, -0.15) is 0 Å². The van der Waals surface area contributed by atoms with E-state index in [-0.39, 0.29) is 17.0 Å². The normalized spacial score (nSPS) is 13.7. The molecule has 0 saturated carbocycles. The van der Waals surface area contributed by atoms with Gasteiger partial charge >= 0.3 is 0 Å². The number of carbonyl (C=O) groups is 2. The Hall–Kier alpha value is -4.00. The number of rotatable bonds is 5. The van der Waals surface area contributed by atoms with Gasteiger partial charge in [0.1, 0.15) is 5.70 Å². The minimum atomic E-state index is -1.14. The number of aryl methyl sites for hydroxylation is 1. The summed E-state index contributed by atoms with van der Waals surface area (Å²) in [4.78, 5) is 29.4. The summed E-state index contributed by atoms with van der Waals surface area (Å²) in [6.07, 6.45) is 0. The number of nitrogens with zero attached hydrogens (tertiary/aromatic N) is 2. The SMILES string of the molecule is Cc1ccc(C2=C(Nc3ccc(N(C)C)cc3)C(=O)N(c3ccc(F)c(F)c3)C2=O)cc1. The Bertz CT molecular complexity index is 1230. The fourth-order valence-electron chi connectivity index (χ4n) is 3.48. The van der Waals surface area contributed by atoms with Crippen molar-refractivity contribution in [2.75, 3.05) is 29.2 Å². The monoisotopic (exact) mass is 433 g/mol. The molecule has 0 fully saturated rings. The summed E-state index contributed by atoms with van der Waals surface area (Å²) in [5.74, 6) is -3.45. The Labute approximate surface area is 184 Å². The maximum Gasteiger partial charge on any atom is 0.282 e. The zero-order valence-electron chi connectivity index (χ0n) is 17.8. The van der Waals surface area contributed by atoms with Gasteiger partial charge in [-0.3, -0.25) is 9.59 Å². The lowest BCUT2D eigenvalue weighted by molar-refractivity contribution is -0.120. The maximum absolute atomic E-state index is 13.8. The van der Waals surface area contributed by atoms with Gasteiger partial charge in [0, 0.05) is 31.5 Å². The summed E-state index contributed by atoms with van der Waals surface area (Å²) in [5, 5.41) is 3.06. The van der Waals surface area contributed by atoms with Crippen molar-refractivity contribution in [2.24, 2.45) is 0 Å². The van der Waals surface area contributed by atoms with Crippen LogP contribution in [0.3, 0.4) is 0 Å². The predicted molar refractivity (Wildman–Crippen MR) is 121 cm³/mol. The highest BCUT2D eigenvalue weighted by atomic mass is 19.2. The van der Waals surface area contributed by atoms with Crippen molar-refractivity contribution in [3.05, 3.63) is 95.2 Å². The summed E-state index contributed by atoms with van der Waals surface area (Å²) in [5.41, 5.74) is 3.33. The third-order valence-corrected chi connectivity index (χ3v) is 5.24. The van der Waals surface area contributed by atoms with Crippen molar-refractivity contribution in [3.8, 4) is 0 Å². The van der Waals surface area contributed by atoms with Gasteiger partial charge in [-0.05, 0) is 48.9 Å². The van der Waals surface area contributed by atoms with Crippen LogP contribution in [0.25, 0.3) is 5.57 Å². The third-order valence-electron chi connectivity index (χ3n) is 5.24.